The lowest BCUT2D eigenvalue weighted by Crippen LogP contribution is -2.45. The maximum absolute atomic E-state index is 12.7. The van der Waals surface area contributed by atoms with Crippen LogP contribution in [-0.4, -0.2) is 59.1 Å². The Balaban J connectivity index is 1.60. The number of nitrogens with one attached hydrogen (secondary N) is 1. The summed E-state index contributed by atoms with van der Waals surface area (Å²) in [6.07, 6.45) is 1.36. The number of likely N-dealkylation sites (tertiary alicyclic amines) is 1. The molecule has 138 valence electrons. The Morgan fingerprint density at radius 1 is 1.27 bits per heavy atom. The van der Waals surface area contributed by atoms with Crippen molar-refractivity contribution in [3.05, 3.63) is 29.8 Å². The smallest absolute Gasteiger partial charge is 0.319 e. The van der Waals surface area contributed by atoms with E-state index >= 15 is 0 Å². The Hall–Kier alpha value is -2.13. The third kappa shape index (κ3) is 4.53. The average Bonchev–Trinajstić information content (AvgIpc) is 3.16. The normalized spacial score (nSPS) is 14.9. The molecule has 3 rings (SSSR count). The van der Waals surface area contributed by atoms with Crippen LogP contribution in [0.25, 0.3) is 0 Å². The predicted molar refractivity (Wildman–Crippen MR) is 102 cm³/mol. The summed E-state index contributed by atoms with van der Waals surface area (Å²) in [5.74, 6) is -0.0759. The molecule has 0 saturated carbocycles. The van der Waals surface area contributed by atoms with Gasteiger partial charge in [0.05, 0.1) is 5.69 Å². The lowest BCUT2D eigenvalue weighted by atomic mass is 9.96. The zero-order chi connectivity index (χ0) is 18.5. The molecule has 2 heterocycles. The maximum Gasteiger partial charge on any atom is 0.319 e. The highest BCUT2D eigenvalue weighted by atomic mass is 32.2. The molecule has 3 amide bonds. The summed E-state index contributed by atoms with van der Waals surface area (Å²) in [6, 6.07) is 7.69. The summed E-state index contributed by atoms with van der Waals surface area (Å²) in [4.78, 5) is 29.0. The number of hydrogen-bond acceptors (Lipinski definition) is 6. The molecule has 7 nitrogen and oxygen atoms in total. The van der Waals surface area contributed by atoms with E-state index in [4.69, 9.17) is 0 Å². The van der Waals surface area contributed by atoms with Crippen LogP contribution in [0.3, 0.4) is 0 Å². The van der Waals surface area contributed by atoms with E-state index in [0.29, 0.717) is 25.9 Å². The molecule has 0 aliphatic carbocycles. The number of piperidine rings is 1. The quantitative estimate of drug-likeness (QED) is 0.867. The van der Waals surface area contributed by atoms with Crippen LogP contribution in [-0.2, 0) is 4.79 Å². The molecule has 1 aliphatic heterocycles. The summed E-state index contributed by atoms with van der Waals surface area (Å²) < 4.78 is 0.835. The Kier molecular flexibility index (Phi) is 6.10. The van der Waals surface area contributed by atoms with Gasteiger partial charge < -0.3 is 15.1 Å². The summed E-state index contributed by atoms with van der Waals surface area (Å²) >= 11 is 2.95. The molecule has 0 atom stereocenters. The molecule has 1 N–H and O–H groups in total. The van der Waals surface area contributed by atoms with Crippen LogP contribution in [0.2, 0.25) is 0 Å². The number of urea groups is 1. The van der Waals surface area contributed by atoms with E-state index in [1.165, 1.54) is 23.1 Å². The molecule has 1 fully saturated rings. The first-order chi connectivity index (χ1) is 12.5. The largest absolute Gasteiger partial charge is 0.331 e. The molecular weight excluding hydrogens is 370 g/mol. The number of carbonyl (C=O) groups is 2. The van der Waals surface area contributed by atoms with Gasteiger partial charge in [-0.2, -0.15) is 0 Å². The van der Waals surface area contributed by atoms with Crippen molar-refractivity contribution in [1.29, 1.82) is 0 Å². The van der Waals surface area contributed by atoms with Gasteiger partial charge in [0.15, 0.2) is 4.34 Å². The molecular formula is C17H21N5O2S2. The Bertz CT molecular complexity index is 758. The minimum atomic E-state index is -0.0826. The van der Waals surface area contributed by atoms with Gasteiger partial charge in [-0.05, 0) is 25.0 Å². The first-order valence-corrected chi connectivity index (χ1v) is 10.0. The van der Waals surface area contributed by atoms with Crippen LogP contribution in [0.4, 0.5) is 10.5 Å². The second kappa shape index (κ2) is 8.50. The van der Waals surface area contributed by atoms with Crippen molar-refractivity contribution in [3.8, 4) is 0 Å². The van der Waals surface area contributed by atoms with Crippen LogP contribution in [0.15, 0.2) is 39.0 Å². The van der Waals surface area contributed by atoms with Crippen LogP contribution in [0.1, 0.15) is 12.8 Å². The minimum Gasteiger partial charge on any atom is -0.331 e. The van der Waals surface area contributed by atoms with Crippen LogP contribution < -0.4 is 5.32 Å². The topological polar surface area (TPSA) is 78.4 Å². The van der Waals surface area contributed by atoms with E-state index in [2.05, 4.69) is 15.5 Å². The predicted octanol–water partition coefficient (Wildman–Crippen LogP) is 3.02. The fourth-order valence-corrected chi connectivity index (χ4v) is 4.33. The fourth-order valence-electron chi connectivity index (χ4n) is 2.81. The first kappa shape index (κ1) is 18.7. The molecule has 1 aromatic carbocycles. The molecule has 1 aromatic heterocycles. The molecule has 1 aliphatic rings. The number of amides is 3. The molecule has 0 unspecified atom stereocenters. The van der Waals surface area contributed by atoms with Crippen molar-refractivity contribution < 1.29 is 9.59 Å². The number of anilines is 1. The third-order valence-electron chi connectivity index (χ3n) is 4.20. The second-order valence-electron chi connectivity index (χ2n) is 6.23. The van der Waals surface area contributed by atoms with E-state index in [1.807, 2.05) is 24.3 Å². The lowest BCUT2D eigenvalue weighted by molar-refractivity contribution is -0.121. The zero-order valence-electron chi connectivity index (χ0n) is 14.7. The Labute approximate surface area is 160 Å². The third-order valence-corrected chi connectivity index (χ3v) is 6.05. The molecule has 0 spiro atoms. The highest BCUT2D eigenvalue weighted by molar-refractivity contribution is 8.01. The Morgan fingerprint density at radius 2 is 2.00 bits per heavy atom. The number of benzene rings is 1. The number of aromatic nitrogens is 2. The fraction of sp³-hybridized carbons (Fsp3) is 0.412. The summed E-state index contributed by atoms with van der Waals surface area (Å²) in [7, 11) is 3.49. The van der Waals surface area contributed by atoms with Gasteiger partial charge in [0.1, 0.15) is 5.51 Å². The highest BCUT2D eigenvalue weighted by Crippen LogP contribution is 2.34. The standard InChI is InChI=1S/C17H21N5O2S2/c1-21(2)17(24)22-9-7-12(8-10-22)15(23)19-13-5-3-4-6-14(13)26-16-20-18-11-25-16/h3-6,11-12H,7-10H2,1-2H3,(H,19,23). The zero-order valence-corrected chi connectivity index (χ0v) is 16.3. The molecule has 0 radical (unpaired) electrons. The molecule has 2 aromatic rings. The van der Waals surface area contributed by atoms with Crippen molar-refractivity contribution >= 4 is 40.7 Å². The van der Waals surface area contributed by atoms with Gasteiger partial charge in [-0.15, -0.1) is 10.2 Å². The van der Waals surface area contributed by atoms with E-state index in [0.717, 1.165) is 14.9 Å². The van der Waals surface area contributed by atoms with Gasteiger partial charge in [-0.1, -0.05) is 35.2 Å². The minimum absolute atomic E-state index is 0.00246. The molecule has 1 saturated heterocycles. The lowest BCUT2D eigenvalue weighted by Gasteiger charge is -2.33. The summed E-state index contributed by atoms with van der Waals surface area (Å²) in [6.45, 7) is 1.21. The first-order valence-electron chi connectivity index (χ1n) is 8.34. The van der Waals surface area contributed by atoms with E-state index < -0.39 is 0 Å². The number of hydrogen-bond donors (Lipinski definition) is 1. The number of rotatable bonds is 4. The van der Waals surface area contributed by atoms with Crippen molar-refractivity contribution in [2.75, 3.05) is 32.5 Å². The molecule has 0 bridgehead atoms. The van der Waals surface area contributed by atoms with Gasteiger partial charge in [-0.25, -0.2) is 4.79 Å². The van der Waals surface area contributed by atoms with Crippen LogP contribution in [0.5, 0.6) is 0 Å². The molecule has 9 heteroatoms. The molecule has 26 heavy (non-hydrogen) atoms. The average molecular weight is 392 g/mol. The van der Waals surface area contributed by atoms with E-state index in [9.17, 15) is 9.59 Å². The summed E-state index contributed by atoms with van der Waals surface area (Å²) in [5.41, 5.74) is 2.47. The van der Waals surface area contributed by atoms with Gasteiger partial charge in [-0.3, -0.25) is 4.79 Å². The van der Waals surface area contributed by atoms with Gasteiger partial charge in [0, 0.05) is 38.0 Å². The van der Waals surface area contributed by atoms with Gasteiger partial charge >= 0.3 is 6.03 Å². The SMILES string of the molecule is CN(C)C(=O)N1CCC(C(=O)Nc2ccccc2Sc2nncs2)CC1. The number of carbonyl (C=O) groups excluding carboxylic acids is 2. The van der Waals surface area contributed by atoms with Crippen molar-refractivity contribution in [1.82, 2.24) is 20.0 Å². The van der Waals surface area contributed by atoms with Crippen molar-refractivity contribution in [3.63, 3.8) is 0 Å². The van der Waals surface area contributed by atoms with Crippen molar-refractivity contribution in [2.45, 2.75) is 22.1 Å². The van der Waals surface area contributed by atoms with Gasteiger partial charge in [0.25, 0.3) is 0 Å². The van der Waals surface area contributed by atoms with Crippen molar-refractivity contribution in [2.24, 2.45) is 5.92 Å². The van der Waals surface area contributed by atoms with E-state index in [-0.39, 0.29) is 17.9 Å². The monoisotopic (exact) mass is 391 g/mol. The van der Waals surface area contributed by atoms with Crippen LogP contribution >= 0.6 is 23.1 Å². The number of para-hydroxylation sites is 1. The van der Waals surface area contributed by atoms with Crippen LogP contribution in [0, 0.1) is 5.92 Å². The van der Waals surface area contributed by atoms with E-state index in [1.54, 1.807) is 29.4 Å². The highest BCUT2D eigenvalue weighted by Gasteiger charge is 2.28. The van der Waals surface area contributed by atoms with Gasteiger partial charge in [0.2, 0.25) is 5.91 Å². The summed E-state index contributed by atoms with van der Waals surface area (Å²) in [5, 5.41) is 10.9. The maximum atomic E-state index is 12.7. The second-order valence-corrected chi connectivity index (χ2v) is 8.35. The Morgan fingerprint density at radius 3 is 2.65 bits per heavy atom. The number of nitrogens with zero attached hydrogens (tertiary/aromatic N) is 4.